The third-order valence-electron chi connectivity index (χ3n) is 5.33. The van der Waals surface area contributed by atoms with Crippen LogP contribution in [0.15, 0.2) is 82.5 Å². The van der Waals surface area contributed by atoms with Crippen molar-refractivity contribution in [3.63, 3.8) is 0 Å². The maximum absolute atomic E-state index is 12.4. The van der Waals surface area contributed by atoms with Gasteiger partial charge < -0.3 is 10.4 Å². The number of aromatic amines is 1. The van der Waals surface area contributed by atoms with Crippen LogP contribution in [0.2, 0.25) is 0 Å². The Morgan fingerprint density at radius 3 is 2.42 bits per heavy atom. The van der Waals surface area contributed by atoms with E-state index in [0.717, 1.165) is 44.9 Å². The number of nitrogens with one attached hydrogen (secondary N) is 2. The van der Waals surface area contributed by atoms with Gasteiger partial charge in [-0.1, -0.05) is 59.9 Å². The number of hydrogen-bond donors (Lipinski definition) is 3. The van der Waals surface area contributed by atoms with E-state index in [2.05, 4.69) is 28.5 Å². The zero-order valence-corrected chi connectivity index (χ0v) is 19.8. The zero-order valence-electron chi connectivity index (χ0n) is 18.1. The molecule has 0 aliphatic rings. The molecule has 0 unspecified atom stereocenters. The van der Waals surface area contributed by atoms with Gasteiger partial charge in [0.15, 0.2) is 0 Å². The van der Waals surface area contributed by atoms with Gasteiger partial charge >= 0.3 is 4.87 Å². The SMILES string of the molecule is CSc1ccc(C(=O)NCCc2cccc(-c3ccc(Cc4sc(=O)[nH]c4O)cc3)c2)cc1. The Morgan fingerprint density at radius 1 is 1.00 bits per heavy atom. The summed E-state index contributed by atoms with van der Waals surface area (Å²) >= 11 is 2.68. The fourth-order valence-electron chi connectivity index (χ4n) is 3.54. The van der Waals surface area contributed by atoms with Crippen molar-refractivity contribution in [1.29, 1.82) is 0 Å². The van der Waals surface area contributed by atoms with Crippen molar-refractivity contribution >= 4 is 29.0 Å². The summed E-state index contributed by atoms with van der Waals surface area (Å²) in [6.07, 6.45) is 3.26. The van der Waals surface area contributed by atoms with E-state index < -0.39 is 0 Å². The zero-order chi connectivity index (χ0) is 23.2. The minimum absolute atomic E-state index is 0.0501. The number of H-pyrrole nitrogens is 1. The molecule has 33 heavy (non-hydrogen) atoms. The molecule has 4 rings (SSSR count). The summed E-state index contributed by atoms with van der Waals surface area (Å²) in [5.74, 6) is -0.112. The van der Waals surface area contributed by atoms with E-state index >= 15 is 0 Å². The molecule has 7 heteroatoms. The molecule has 0 bridgehead atoms. The van der Waals surface area contributed by atoms with E-state index in [-0.39, 0.29) is 16.7 Å². The minimum Gasteiger partial charge on any atom is -0.494 e. The van der Waals surface area contributed by atoms with Crippen molar-refractivity contribution in [2.45, 2.75) is 17.7 Å². The molecule has 3 aromatic carbocycles. The van der Waals surface area contributed by atoms with Crippen molar-refractivity contribution in [3.05, 3.63) is 104 Å². The lowest BCUT2D eigenvalue weighted by molar-refractivity contribution is 0.0954. The Kier molecular flexibility index (Phi) is 7.32. The van der Waals surface area contributed by atoms with E-state index in [0.29, 0.717) is 23.4 Å². The predicted molar refractivity (Wildman–Crippen MR) is 136 cm³/mol. The molecule has 5 nitrogen and oxygen atoms in total. The van der Waals surface area contributed by atoms with Crippen LogP contribution in [-0.4, -0.2) is 28.8 Å². The van der Waals surface area contributed by atoms with Gasteiger partial charge in [-0.2, -0.15) is 0 Å². The number of rotatable bonds is 8. The molecule has 168 valence electrons. The highest BCUT2D eigenvalue weighted by molar-refractivity contribution is 7.98. The summed E-state index contributed by atoms with van der Waals surface area (Å²) in [4.78, 5) is 27.6. The van der Waals surface area contributed by atoms with E-state index in [4.69, 9.17) is 0 Å². The lowest BCUT2D eigenvalue weighted by Crippen LogP contribution is -2.25. The third kappa shape index (κ3) is 5.94. The number of carbonyl (C=O) groups is 1. The van der Waals surface area contributed by atoms with Gasteiger partial charge in [-0.15, -0.1) is 11.8 Å². The molecule has 0 spiro atoms. The molecule has 1 aromatic heterocycles. The van der Waals surface area contributed by atoms with Crippen LogP contribution in [0.3, 0.4) is 0 Å². The second-order valence-electron chi connectivity index (χ2n) is 7.59. The first-order valence-electron chi connectivity index (χ1n) is 10.5. The Morgan fingerprint density at radius 2 is 1.76 bits per heavy atom. The molecule has 0 fully saturated rings. The number of amides is 1. The van der Waals surface area contributed by atoms with Crippen molar-refractivity contribution in [2.75, 3.05) is 12.8 Å². The van der Waals surface area contributed by atoms with Crippen LogP contribution in [0, 0.1) is 0 Å². The van der Waals surface area contributed by atoms with Crippen LogP contribution < -0.4 is 10.2 Å². The summed E-state index contributed by atoms with van der Waals surface area (Å²) < 4.78 is 0. The molecule has 1 amide bonds. The first-order chi connectivity index (χ1) is 16.0. The molecule has 0 saturated heterocycles. The fraction of sp³-hybridized carbons (Fsp3) is 0.154. The van der Waals surface area contributed by atoms with Gasteiger partial charge in [-0.05, 0) is 59.2 Å². The molecule has 3 N–H and O–H groups in total. The summed E-state index contributed by atoms with van der Waals surface area (Å²) in [5, 5.41) is 12.8. The fourth-order valence-corrected chi connectivity index (χ4v) is 4.71. The van der Waals surface area contributed by atoms with E-state index in [9.17, 15) is 14.7 Å². The Bertz CT molecular complexity index is 1290. The first kappa shape index (κ1) is 22.9. The third-order valence-corrected chi connectivity index (χ3v) is 6.95. The summed E-state index contributed by atoms with van der Waals surface area (Å²) in [6.45, 7) is 0.564. The number of thioether (sulfide) groups is 1. The average molecular weight is 477 g/mol. The van der Waals surface area contributed by atoms with Crippen molar-refractivity contribution in [3.8, 4) is 17.0 Å². The lowest BCUT2D eigenvalue weighted by Gasteiger charge is -2.09. The molecular weight excluding hydrogens is 452 g/mol. The van der Waals surface area contributed by atoms with Gasteiger partial charge in [0.1, 0.15) is 0 Å². The molecule has 0 aliphatic heterocycles. The molecular formula is C26H24N2O3S2. The summed E-state index contributed by atoms with van der Waals surface area (Å²) in [6, 6.07) is 24.0. The number of aromatic nitrogens is 1. The molecule has 0 saturated carbocycles. The van der Waals surface area contributed by atoms with Crippen molar-refractivity contribution in [1.82, 2.24) is 10.3 Å². The van der Waals surface area contributed by atoms with Crippen LogP contribution in [-0.2, 0) is 12.8 Å². The summed E-state index contributed by atoms with van der Waals surface area (Å²) in [7, 11) is 0. The molecule has 0 aliphatic carbocycles. The quantitative estimate of drug-likeness (QED) is 0.309. The Balaban J connectivity index is 1.35. The van der Waals surface area contributed by atoms with Crippen molar-refractivity contribution < 1.29 is 9.90 Å². The van der Waals surface area contributed by atoms with Crippen LogP contribution in [0.1, 0.15) is 26.4 Å². The standard InChI is InChI=1S/C26H24N2O3S2/c1-32-22-11-9-20(10-12-22)24(29)27-14-13-17-3-2-4-21(15-17)19-7-5-18(6-8-19)16-23-25(30)28-26(31)33-23/h2-12,15,30H,13-14,16H2,1H3,(H,27,29)(H,28,31). The molecule has 0 radical (unpaired) electrons. The van der Waals surface area contributed by atoms with Gasteiger partial charge in [-0.25, -0.2) is 0 Å². The van der Waals surface area contributed by atoms with Crippen LogP contribution in [0.5, 0.6) is 5.88 Å². The average Bonchev–Trinajstić information content (AvgIpc) is 3.16. The van der Waals surface area contributed by atoms with E-state index in [1.54, 1.807) is 11.8 Å². The van der Waals surface area contributed by atoms with Crippen LogP contribution >= 0.6 is 23.1 Å². The maximum Gasteiger partial charge on any atom is 0.307 e. The second kappa shape index (κ2) is 10.6. The number of benzene rings is 3. The minimum atomic E-state index is -0.249. The highest BCUT2D eigenvalue weighted by atomic mass is 32.2. The predicted octanol–water partition coefficient (Wildman–Crippen LogP) is 5.09. The topological polar surface area (TPSA) is 82.2 Å². The summed E-state index contributed by atoms with van der Waals surface area (Å²) in [5.41, 5.74) is 5.03. The molecule has 0 atom stereocenters. The number of aromatic hydroxyl groups is 1. The largest absolute Gasteiger partial charge is 0.494 e. The molecule has 4 aromatic rings. The van der Waals surface area contributed by atoms with Crippen LogP contribution in [0.4, 0.5) is 0 Å². The van der Waals surface area contributed by atoms with Gasteiger partial charge in [0.25, 0.3) is 5.91 Å². The number of carbonyl (C=O) groups excluding carboxylic acids is 1. The highest BCUT2D eigenvalue weighted by Gasteiger charge is 2.09. The highest BCUT2D eigenvalue weighted by Crippen LogP contribution is 2.24. The Hall–Kier alpha value is -3.29. The van der Waals surface area contributed by atoms with Gasteiger partial charge in [0.2, 0.25) is 5.88 Å². The smallest absolute Gasteiger partial charge is 0.307 e. The normalized spacial score (nSPS) is 10.8. The number of hydrogen-bond acceptors (Lipinski definition) is 5. The second-order valence-corrected chi connectivity index (χ2v) is 9.54. The van der Waals surface area contributed by atoms with E-state index in [1.807, 2.05) is 60.9 Å². The Labute approximate surface area is 200 Å². The first-order valence-corrected chi connectivity index (χ1v) is 12.6. The molecule has 1 heterocycles. The van der Waals surface area contributed by atoms with E-state index in [1.165, 1.54) is 0 Å². The monoisotopic (exact) mass is 476 g/mol. The van der Waals surface area contributed by atoms with Crippen LogP contribution in [0.25, 0.3) is 11.1 Å². The van der Waals surface area contributed by atoms with Gasteiger partial charge in [-0.3, -0.25) is 14.6 Å². The lowest BCUT2D eigenvalue weighted by atomic mass is 10.00. The number of thiazole rings is 1. The van der Waals surface area contributed by atoms with Crippen molar-refractivity contribution in [2.24, 2.45) is 0 Å². The van der Waals surface area contributed by atoms with Gasteiger partial charge in [0.05, 0.1) is 4.88 Å². The van der Waals surface area contributed by atoms with Gasteiger partial charge in [0, 0.05) is 23.4 Å². The maximum atomic E-state index is 12.4.